The molecule has 2 atom stereocenters. The Hall–Kier alpha value is -1.26. The van der Waals surface area contributed by atoms with Crippen molar-refractivity contribution in [2.75, 3.05) is 6.61 Å². The predicted octanol–water partition coefficient (Wildman–Crippen LogP) is 5.86. The molecular formula is C24H47N3O2. The van der Waals surface area contributed by atoms with Gasteiger partial charge in [-0.3, -0.25) is 9.79 Å². The van der Waals surface area contributed by atoms with Gasteiger partial charge in [0.15, 0.2) is 5.96 Å². The van der Waals surface area contributed by atoms with Gasteiger partial charge in [0.2, 0.25) is 0 Å². The third-order valence-electron chi connectivity index (χ3n) is 5.82. The van der Waals surface area contributed by atoms with Gasteiger partial charge in [-0.15, -0.1) is 0 Å². The SMILES string of the molecule is CCCCCCCCCC(=O)OCCCC[C@H]1CCCCCC[C@@H](C)NC(N)=N1. The largest absolute Gasteiger partial charge is 0.466 e. The molecule has 3 N–H and O–H groups in total. The van der Waals surface area contributed by atoms with Crippen molar-refractivity contribution in [1.82, 2.24) is 5.32 Å². The smallest absolute Gasteiger partial charge is 0.305 e. The molecule has 0 radical (unpaired) electrons. The number of ether oxygens (including phenoxy) is 1. The lowest BCUT2D eigenvalue weighted by molar-refractivity contribution is -0.143. The van der Waals surface area contributed by atoms with Crippen molar-refractivity contribution >= 4 is 11.9 Å². The zero-order valence-corrected chi connectivity index (χ0v) is 19.2. The molecule has 1 aliphatic heterocycles. The van der Waals surface area contributed by atoms with Gasteiger partial charge in [-0.2, -0.15) is 0 Å². The number of guanidine groups is 1. The lowest BCUT2D eigenvalue weighted by Crippen LogP contribution is -2.39. The molecule has 0 aromatic carbocycles. The predicted molar refractivity (Wildman–Crippen MR) is 123 cm³/mol. The van der Waals surface area contributed by atoms with Gasteiger partial charge in [0.25, 0.3) is 0 Å². The Morgan fingerprint density at radius 3 is 2.45 bits per heavy atom. The van der Waals surface area contributed by atoms with Crippen LogP contribution in [-0.2, 0) is 9.53 Å². The Morgan fingerprint density at radius 1 is 1.00 bits per heavy atom. The van der Waals surface area contributed by atoms with Gasteiger partial charge in [-0.25, -0.2) is 0 Å². The molecule has 0 aromatic heterocycles. The number of esters is 1. The van der Waals surface area contributed by atoms with Crippen LogP contribution in [0, 0.1) is 0 Å². The Balaban J connectivity index is 2.11. The molecule has 0 aliphatic carbocycles. The first-order valence-corrected chi connectivity index (χ1v) is 12.4. The fraction of sp³-hybridized carbons (Fsp3) is 0.917. The molecule has 5 nitrogen and oxygen atoms in total. The van der Waals surface area contributed by atoms with E-state index in [1.54, 1.807) is 0 Å². The summed E-state index contributed by atoms with van der Waals surface area (Å²) in [6.45, 7) is 4.95. The summed E-state index contributed by atoms with van der Waals surface area (Å²) in [6, 6.07) is 0.685. The van der Waals surface area contributed by atoms with Gasteiger partial charge in [-0.1, -0.05) is 71.1 Å². The standard InChI is InChI=1S/C24H47N3O2/c1-3-4-5-6-7-8-13-19-23(28)29-20-15-14-18-22-17-12-10-9-11-16-21(2)26-24(25)27-22/h21-22H,3-20H2,1-2H3,(H3,25,26,27)/t21-,22-/m1/s1. The molecule has 170 valence electrons. The van der Waals surface area contributed by atoms with Crippen molar-refractivity contribution in [2.24, 2.45) is 10.7 Å². The molecule has 0 spiro atoms. The molecule has 0 amide bonds. The fourth-order valence-electron chi connectivity index (χ4n) is 3.98. The van der Waals surface area contributed by atoms with Crippen LogP contribution in [0.15, 0.2) is 4.99 Å². The third-order valence-corrected chi connectivity index (χ3v) is 5.82. The van der Waals surface area contributed by atoms with E-state index in [0.29, 0.717) is 25.0 Å². The molecule has 1 heterocycles. The topological polar surface area (TPSA) is 76.7 Å². The van der Waals surface area contributed by atoms with Crippen molar-refractivity contribution in [3.05, 3.63) is 0 Å². The van der Waals surface area contributed by atoms with Crippen LogP contribution in [0.25, 0.3) is 0 Å². The number of carbonyl (C=O) groups excluding carboxylic acids is 1. The molecule has 0 fully saturated rings. The Kier molecular flexibility index (Phi) is 15.6. The molecule has 5 heteroatoms. The third kappa shape index (κ3) is 15.3. The summed E-state index contributed by atoms with van der Waals surface area (Å²) < 4.78 is 5.40. The minimum atomic E-state index is -0.0334. The van der Waals surface area contributed by atoms with E-state index in [0.717, 1.165) is 44.9 Å². The average Bonchev–Trinajstić information content (AvgIpc) is 2.72. The van der Waals surface area contributed by atoms with Crippen LogP contribution in [0.4, 0.5) is 0 Å². The number of rotatable bonds is 13. The van der Waals surface area contributed by atoms with E-state index >= 15 is 0 Å². The monoisotopic (exact) mass is 409 g/mol. The van der Waals surface area contributed by atoms with Crippen LogP contribution in [0.5, 0.6) is 0 Å². The maximum atomic E-state index is 11.8. The second kappa shape index (κ2) is 17.6. The lowest BCUT2D eigenvalue weighted by atomic mass is 10.0. The average molecular weight is 410 g/mol. The van der Waals surface area contributed by atoms with Crippen molar-refractivity contribution in [1.29, 1.82) is 0 Å². The summed E-state index contributed by atoms with van der Waals surface area (Å²) in [7, 11) is 0. The zero-order chi connectivity index (χ0) is 21.2. The number of carbonyl (C=O) groups is 1. The normalized spacial score (nSPS) is 21.0. The molecule has 0 aromatic rings. The van der Waals surface area contributed by atoms with Crippen LogP contribution >= 0.6 is 0 Å². The van der Waals surface area contributed by atoms with Gasteiger partial charge < -0.3 is 15.8 Å². The van der Waals surface area contributed by atoms with E-state index in [1.165, 1.54) is 57.8 Å². The van der Waals surface area contributed by atoms with Gasteiger partial charge >= 0.3 is 5.97 Å². The molecule has 1 aliphatic rings. The highest BCUT2D eigenvalue weighted by atomic mass is 16.5. The molecule has 0 bridgehead atoms. The quantitative estimate of drug-likeness (QED) is 0.295. The first-order valence-electron chi connectivity index (χ1n) is 12.4. The van der Waals surface area contributed by atoms with Crippen molar-refractivity contribution in [3.63, 3.8) is 0 Å². The van der Waals surface area contributed by atoms with Gasteiger partial charge in [0.1, 0.15) is 0 Å². The highest BCUT2D eigenvalue weighted by Crippen LogP contribution is 2.16. The van der Waals surface area contributed by atoms with E-state index in [9.17, 15) is 4.79 Å². The molecule has 29 heavy (non-hydrogen) atoms. The summed E-state index contributed by atoms with van der Waals surface area (Å²) in [5.41, 5.74) is 6.09. The summed E-state index contributed by atoms with van der Waals surface area (Å²) in [4.78, 5) is 16.5. The molecule has 0 saturated heterocycles. The number of nitrogens with zero attached hydrogens (tertiary/aromatic N) is 1. The highest BCUT2D eigenvalue weighted by Gasteiger charge is 2.11. The number of hydrogen-bond donors (Lipinski definition) is 2. The van der Waals surface area contributed by atoms with Gasteiger partial charge in [-0.05, 0) is 45.4 Å². The van der Waals surface area contributed by atoms with Crippen molar-refractivity contribution in [3.8, 4) is 0 Å². The summed E-state index contributed by atoms with van der Waals surface area (Å²) in [6.07, 6.45) is 19.5. The second-order valence-corrected chi connectivity index (χ2v) is 8.79. The van der Waals surface area contributed by atoms with Crippen LogP contribution in [-0.4, -0.2) is 30.6 Å². The number of unbranched alkanes of at least 4 members (excludes halogenated alkanes) is 7. The minimum absolute atomic E-state index is 0.0334. The number of nitrogens with one attached hydrogen (secondary N) is 1. The van der Waals surface area contributed by atoms with Gasteiger partial charge in [0.05, 0.1) is 12.6 Å². The van der Waals surface area contributed by atoms with Crippen LogP contribution in [0.3, 0.4) is 0 Å². The lowest BCUT2D eigenvalue weighted by Gasteiger charge is -2.16. The van der Waals surface area contributed by atoms with E-state index in [4.69, 9.17) is 15.5 Å². The number of hydrogen-bond acceptors (Lipinski definition) is 5. The van der Waals surface area contributed by atoms with E-state index in [-0.39, 0.29) is 12.0 Å². The van der Waals surface area contributed by atoms with Crippen LogP contribution in [0.1, 0.15) is 123 Å². The molecule has 0 unspecified atom stereocenters. The van der Waals surface area contributed by atoms with Gasteiger partial charge in [0, 0.05) is 12.5 Å². The number of aliphatic imine (C=N–C) groups is 1. The van der Waals surface area contributed by atoms with E-state index < -0.39 is 0 Å². The number of nitrogens with two attached hydrogens (primary N) is 1. The van der Waals surface area contributed by atoms with E-state index in [1.807, 2.05) is 0 Å². The second-order valence-electron chi connectivity index (χ2n) is 8.79. The zero-order valence-electron chi connectivity index (χ0n) is 19.2. The summed E-state index contributed by atoms with van der Waals surface area (Å²) >= 11 is 0. The van der Waals surface area contributed by atoms with Crippen molar-refractivity contribution < 1.29 is 9.53 Å². The molecule has 1 rings (SSSR count). The fourth-order valence-corrected chi connectivity index (χ4v) is 3.98. The summed E-state index contributed by atoms with van der Waals surface area (Å²) in [5.74, 6) is 0.555. The Morgan fingerprint density at radius 2 is 1.69 bits per heavy atom. The Bertz CT molecular complexity index is 440. The maximum absolute atomic E-state index is 11.8. The van der Waals surface area contributed by atoms with Crippen LogP contribution < -0.4 is 11.1 Å². The minimum Gasteiger partial charge on any atom is -0.466 e. The first kappa shape index (κ1) is 25.8. The summed E-state index contributed by atoms with van der Waals surface area (Å²) in [5, 5.41) is 3.32. The Labute approximate surface area is 179 Å². The van der Waals surface area contributed by atoms with Crippen molar-refractivity contribution in [2.45, 2.75) is 135 Å². The molecule has 0 saturated carbocycles. The van der Waals surface area contributed by atoms with Crippen LogP contribution in [0.2, 0.25) is 0 Å². The first-order chi connectivity index (χ1) is 14.1. The maximum Gasteiger partial charge on any atom is 0.305 e. The molecular weight excluding hydrogens is 362 g/mol. The highest BCUT2D eigenvalue weighted by molar-refractivity contribution is 5.78. The van der Waals surface area contributed by atoms with E-state index in [2.05, 4.69) is 19.2 Å².